The Morgan fingerprint density at radius 1 is 1.05 bits per heavy atom. The molecule has 3 rings (SSSR count). The Labute approximate surface area is 130 Å². The van der Waals surface area contributed by atoms with Crippen LogP contribution in [0.2, 0.25) is 0 Å². The summed E-state index contributed by atoms with van der Waals surface area (Å²) in [5.41, 5.74) is 3.02. The minimum Gasteiger partial charge on any atom is -0.353 e. The van der Waals surface area contributed by atoms with Crippen LogP contribution in [0, 0.1) is 5.92 Å². The first-order valence-electron chi connectivity index (χ1n) is 7.61. The highest BCUT2D eigenvalue weighted by Crippen LogP contribution is 2.21. The van der Waals surface area contributed by atoms with Crippen molar-refractivity contribution in [1.82, 2.24) is 5.32 Å². The molecule has 1 aliphatic rings. The van der Waals surface area contributed by atoms with Gasteiger partial charge in [-0.2, -0.15) is 0 Å². The largest absolute Gasteiger partial charge is 0.353 e. The Balaban J connectivity index is 1.71. The van der Waals surface area contributed by atoms with Crippen LogP contribution in [0.4, 0.5) is 0 Å². The number of carbonyl (C=O) groups excluding carboxylic acids is 2. The second-order valence-electron chi connectivity index (χ2n) is 5.92. The molecule has 2 unspecified atom stereocenters. The van der Waals surface area contributed by atoms with Crippen molar-refractivity contribution >= 4 is 11.7 Å². The maximum atomic E-state index is 12.4. The van der Waals surface area contributed by atoms with Crippen LogP contribution in [0.1, 0.15) is 34.8 Å². The number of amides is 1. The molecule has 0 radical (unpaired) electrons. The molecular weight excluding hydrogens is 274 g/mol. The van der Waals surface area contributed by atoms with Gasteiger partial charge in [0, 0.05) is 11.6 Å². The summed E-state index contributed by atoms with van der Waals surface area (Å²) in [6, 6.07) is 17.9. The quantitative estimate of drug-likeness (QED) is 0.696. The Morgan fingerprint density at radius 2 is 1.68 bits per heavy atom. The third-order valence-electron chi connectivity index (χ3n) is 4.10. The lowest BCUT2D eigenvalue weighted by Crippen LogP contribution is -2.27. The fourth-order valence-electron chi connectivity index (χ4n) is 2.91. The highest BCUT2D eigenvalue weighted by atomic mass is 16.2. The van der Waals surface area contributed by atoms with Crippen molar-refractivity contribution in [1.29, 1.82) is 0 Å². The van der Waals surface area contributed by atoms with Gasteiger partial charge in [-0.15, -0.1) is 0 Å². The van der Waals surface area contributed by atoms with Crippen LogP contribution in [-0.4, -0.2) is 17.7 Å². The van der Waals surface area contributed by atoms with E-state index in [-0.39, 0.29) is 17.7 Å². The van der Waals surface area contributed by atoms with Crippen molar-refractivity contribution in [3.05, 3.63) is 71.3 Å². The second-order valence-corrected chi connectivity index (χ2v) is 5.92. The van der Waals surface area contributed by atoms with Crippen molar-refractivity contribution in [2.75, 3.05) is 0 Å². The SMILES string of the molecule is CC1CC(C(=O)c2ccc(Cc3ccccc3)cc2)C(=O)N1. The fourth-order valence-corrected chi connectivity index (χ4v) is 2.91. The summed E-state index contributed by atoms with van der Waals surface area (Å²) in [6.45, 7) is 1.92. The molecule has 0 bridgehead atoms. The van der Waals surface area contributed by atoms with E-state index in [1.807, 2.05) is 49.4 Å². The van der Waals surface area contributed by atoms with Gasteiger partial charge in [0.2, 0.25) is 5.91 Å². The molecule has 0 aliphatic carbocycles. The van der Waals surface area contributed by atoms with Gasteiger partial charge in [0.15, 0.2) is 5.78 Å². The van der Waals surface area contributed by atoms with Crippen molar-refractivity contribution < 1.29 is 9.59 Å². The molecule has 0 aromatic heterocycles. The fraction of sp³-hybridized carbons (Fsp3) is 0.263. The molecule has 2 atom stereocenters. The standard InChI is InChI=1S/C19H19NO2/c1-13-11-17(19(22)20-13)18(21)16-9-7-15(8-10-16)12-14-5-3-2-4-6-14/h2-10,13,17H,11-12H2,1H3,(H,20,22). The molecule has 1 fully saturated rings. The lowest BCUT2D eigenvalue weighted by atomic mass is 9.93. The molecule has 3 heteroatoms. The molecule has 0 spiro atoms. The van der Waals surface area contributed by atoms with Crippen LogP contribution in [-0.2, 0) is 11.2 Å². The summed E-state index contributed by atoms with van der Waals surface area (Å²) < 4.78 is 0. The zero-order chi connectivity index (χ0) is 15.5. The third kappa shape index (κ3) is 3.08. The number of Topliss-reactive ketones (excluding diaryl/α,β-unsaturated/α-hetero) is 1. The van der Waals surface area contributed by atoms with Gasteiger partial charge in [0.1, 0.15) is 5.92 Å². The number of benzene rings is 2. The lowest BCUT2D eigenvalue weighted by Gasteiger charge is -2.07. The van der Waals surface area contributed by atoms with Crippen LogP contribution < -0.4 is 5.32 Å². The molecule has 1 saturated heterocycles. The van der Waals surface area contributed by atoms with E-state index in [2.05, 4.69) is 17.4 Å². The van der Waals surface area contributed by atoms with Crippen molar-refractivity contribution in [2.45, 2.75) is 25.8 Å². The van der Waals surface area contributed by atoms with E-state index in [9.17, 15) is 9.59 Å². The topological polar surface area (TPSA) is 46.2 Å². The number of hydrogen-bond donors (Lipinski definition) is 1. The normalized spacial score (nSPS) is 20.7. The summed E-state index contributed by atoms with van der Waals surface area (Å²) in [6.07, 6.45) is 1.43. The van der Waals surface area contributed by atoms with E-state index in [1.165, 1.54) is 5.56 Å². The van der Waals surface area contributed by atoms with Gasteiger partial charge < -0.3 is 5.32 Å². The lowest BCUT2D eigenvalue weighted by molar-refractivity contribution is -0.121. The van der Waals surface area contributed by atoms with E-state index >= 15 is 0 Å². The number of rotatable bonds is 4. The van der Waals surface area contributed by atoms with Crippen LogP contribution in [0.5, 0.6) is 0 Å². The molecule has 1 aliphatic heterocycles. The molecule has 2 aromatic rings. The van der Waals surface area contributed by atoms with E-state index in [4.69, 9.17) is 0 Å². The summed E-state index contributed by atoms with van der Waals surface area (Å²) in [7, 11) is 0. The van der Waals surface area contributed by atoms with Crippen LogP contribution in [0.25, 0.3) is 0 Å². The Morgan fingerprint density at radius 3 is 2.27 bits per heavy atom. The first-order chi connectivity index (χ1) is 10.6. The molecule has 2 aromatic carbocycles. The van der Waals surface area contributed by atoms with Crippen molar-refractivity contribution in [3.63, 3.8) is 0 Å². The maximum absolute atomic E-state index is 12.4. The highest BCUT2D eigenvalue weighted by Gasteiger charge is 2.35. The molecule has 1 heterocycles. The zero-order valence-electron chi connectivity index (χ0n) is 12.6. The molecular formula is C19H19NO2. The van der Waals surface area contributed by atoms with Crippen LogP contribution in [0.15, 0.2) is 54.6 Å². The van der Waals surface area contributed by atoms with Crippen molar-refractivity contribution in [2.24, 2.45) is 5.92 Å². The first kappa shape index (κ1) is 14.5. The molecule has 1 amide bonds. The highest BCUT2D eigenvalue weighted by molar-refractivity contribution is 6.11. The van der Waals surface area contributed by atoms with Gasteiger partial charge in [0.25, 0.3) is 0 Å². The van der Waals surface area contributed by atoms with Crippen LogP contribution >= 0.6 is 0 Å². The van der Waals surface area contributed by atoms with Gasteiger partial charge in [-0.3, -0.25) is 9.59 Å². The Hall–Kier alpha value is -2.42. The molecule has 22 heavy (non-hydrogen) atoms. The van der Waals surface area contributed by atoms with E-state index in [0.717, 1.165) is 12.0 Å². The minimum atomic E-state index is -0.532. The van der Waals surface area contributed by atoms with Gasteiger partial charge in [-0.05, 0) is 30.9 Å². The second kappa shape index (κ2) is 6.14. The molecule has 1 N–H and O–H groups in total. The predicted molar refractivity (Wildman–Crippen MR) is 85.7 cm³/mol. The van der Waals surface area contributed by atoms with Gasteiger partial charge >= 0.3 is 0 Å². The smallest absolute Gasteiger partial charge is 0.231 e. The number of nitrogens with one attached hydrogen (secondary N) is 1. The predicted octanol–water partition coefficient (Wildman–Crippen LogP) is 2.98. The summed E-state index contributed by atoms with van der Waals surface area (Å²) in [5, 5.41) is 2.80. The van der Waals surface area contributed by atoms with Gasteiger partial charge in [-0.1, -0.05) is 54.6 Å². The monoisotopic (exact) mass is 293 g/mol. The molecule has 3 nitrogen and oxygen atoms in total. The maximum Gasteiger partial charge on any atom is 0.231 e. The summed E-state index contributed by atoms with van der Waals surface area (Å²) >= 11 is 0. The minimum absolute atomic E-state index is 0.0758. The average molecular weight is 293 g/mol. The van der Waals surface area contributed by atoms with E-state index < -0.39 is 5.92 Å². The van der Waals surface area contributed by atoms with E-state index in [0.29, 0.717) is 12.0 Å². The van der Waals surface area contributed by atoms with Gasteiger partial charge in [0.05, 0.1) is 0 Å². The Bertz CT molecular complexity index is 676. The van der Waals surface area contributed by atoms with E-state index in [1.54, 1.807) is 0 Å². The number of hydrogen-bond acceptors (Lipinski definition) is 2. The average Bonchev–Trinajstić information content (AvgIpc) is 2.87. The molecule has 0 saturated carbocycles. The number of carbonyl (C=O) groups is 2. The Kier molecular flexibility index (Phi) is 4.05. The van der Waals surface area contributed by atoms with Crippen LogP contribution in [0.3, 0.4) is 0 Å². The molecule has 112 valence electrons. The third-order valence-corrected chi connectivity index (χ3v) is 4.10. The summed E-state index contributed by atoms with van der Waals surface area (Å²) in [4.78, 5) is 24.2. The summed E-state index contributed by atoms with van der Waals surface area (Å²) in [5.74, 6) is -0.756. The zero-order valence-corrected chi connectivity index (χ0v) is 12.6. The van der Waals surface area contributed by atoms with Gasteiger partial charge in [-0.25, -0.2) is 0 Å². The first-order valence-corrected chi connectivity index (χ1v) is 7.61. The van der Waals surface area contributed by atoms with Crippen molar-refractivity contribution in [3.8, 4) is 0 Å². The number of ketones is 1.